The number of nitrogens with one attached hydrogen (secondary N) is 1. The zero-order valence-electron chi connectivity index (χ0n) is 13.4. The Balaban J connectivity index is 2.10. The molecule has 0 aliphatic heterocycles. The van der Waals surface area contributed by atoms with Gasteiger partial charge in [0.2, 0.25) is 0 Å². The molecule has 0 saturated carbocycles. The molecule has 1 N–H and O–H groups in total. The molecule has 0 aliphatic rings. The van der Waals surface area contributed by atoms with Gasteiger partial charge in [-0.05, 0) is 42.8 Å². The molecule has 1 aromatic heterocycles. The van der Waals surface area contributed by atoms with Gasteiger partial charge in [-0.15, -0.1) is 0 Å². The Morgan fingerprint density at radius 3 is 2.38 bits per heavy atom. The molecular weight excluding hydrogens is 350 g/mol. The Bertz CT molecular complexity index is 1110. The van der Waals surface area contributed by atoms with E-state index in [1.54, 1.807) is 45.3 Å². The number of rotatable bonds is 3. The lowest BCUT2D eigenvalue weighted by Crippen LogP contribution is -2.19. The predicted octanol–water partition coefficient (Wildman–Crippen LogP) is 2.64. The molecule has 2 aromatic carbocycles. The number of anilines is 1. The van der Waals surface area contributed by atoms with Gasteiger partial charge in [-0.2, -0.15) is 0 Å². The highest BCUT2D eigenvalue weighted by Gasteiger charge is 2.18. The minimum atomic E-state index is -3.80. The summed E-state index contributed by atoms with van der Waals surface area (Å²) in [5.74, 6) is 0. The van der Waals surface area contributed by atoms with E-state index < -0.39 is 10.0 Å². The number of sulfonamides is 1. The maximum Gasteiger partial charge on any atom is 0.328 e. The summed E-state index contributed by atoms with van der Waals surface area (Å²) in [7, 11) is -0.546. The Hall–Kier alpha value is -2.25. The summed E-state index contributed by atoms with van der Waals surface area (Å²) >= 11 is 5.94. The molecular formula is C16H16ClN3O3S. The number of halogens is 1. The Morgan fingerprint density at radius 1 is 1.00 bits per heavy atom. The molecule has 0 atom stereocenters. The van der Waals surface area contributed by atoms with Gasteiger partial charge in [0.25, 0.3) is 10.0 Å². The molecule has 6 nitrogen and oxygen atoms in total. The lowest BCUT2D eigenvalue weighted by Gasteiger charge is -2.11. The molecule has 1 heterocycles. The predicted molar refractivity (Wildman–Crippen MR) is 95.2 cm³/mol. The van der Waals surface area contributed by atoms with E-state index in [0.717, 1.165) is 5.56 Å². The Morgan fingerprint density at radius 2 is 1.67 bits per heavy atom. The summed E-state index contributed by atoms with van der Waals surface area (Å²) in [6.45, 7) is 1.79. The quantitative estimate of drug-likeness (QED) is 0.775. The van der Waals surface area contributed by atoms with Gasteiger partial charge in [0.1, 0.15) is 0 Å². The lowest BCUT2D eigenvalue weighted by molar-refractivity contribution is 0.601. The lowest BCUT2D eigenvalue weighted by atomic mass is 10.2. The van der Waals surface area contributed by atoms with Crippen LogP contribution in [0.25, 0.3) is 11.0 Å². The van der Waals surface area contributed by atoms with Crippen molar-refractivity contribution in [1.29, 1.82) is 0 Å². The average Bonchev–Trinajstić information content (AvgIpc) is 2.75. The van der Waals surface area contributed by atoms with Crippen molar-refractivity contribution in [2.75, 3.05) is 4.72 Å². The second-order valence-corrected chi connectivity index (χ2v) is 7.73. The van der Waals surface area contributed by atoms with Crippen molar-refractivity contribution in [3.8, 4) is 0 Å². The standard InChI is InChI=1S/C16H16ClN3O3S/c1-10-4-5-11(17)8-13(10)18-24(22,23)12-6-7-14-15(9-12)20(3)16(21)19(14)2/h4-9,18H,1-3H3. The summed E-state index contributed by atoms with van der Waals surface area (Å²) in [5.41, 5.74) is 2.19. The van der Waals surface area contributed by atoms with Gasteiger partial charge >= 0.3 is 5.69 Å². The number of imidazole rings is 1. The highest BCUT2D eigenvalue weighted by Crippen LogP contribution is 2.24. The summed E-state index contributed by atoms with van der Waals surface area (Å²) in [5, 5.41) is 0.444. The van der Waals surface area contributed by atoms with Crippen molar-refractivity contribution in [3.63, 3.8) is 0 Å². The molecule has 0 unspecified atom stereocenters. The molecule has 0 fully saturated rings. The molecule has 0 spiro atoms. The van der Waals surface area contributed by atoms with E-state index >= 15 is 0 Å². The zero-order chi connectivity index (χ0) is 17.6. The van der Waals surface area contributed by atoms with Gasteiger partial charge in [0, 0.05) is 19.1 Å². The van der Waals surface area contributed by atoms with E-state index in [1.165, 1.54) is 21.3 Å². The van der Waals surface area contributed by atoms with Crippen LogP contribution in [0.1, 0.15) is 5.56 Å². The van der Waals surface area contributed by atoms with Crippen LogP contribution in [0.3, 0.4) is 0 Å². The van der Waals surface area contributed by atoms with Crippen molar-refractivity contribution >= 4 is 38.3 Å². The fourth-order valence-electron chi connectivity index (χ4n) is 2.56. The molecule has 126 valence electrons. The van der Waals surface area contributed by atoms with E-state index in [0.29, 0.717) is 21.7 Å². The van der Waals surface area contributed by atoms with Crippen LogP contribution >= 0.6 is 11.6 Å². The summed E-state index contributed by atoms with van der Waals surface area (Å²) < 4.78 is 30.8. The van der Waals surface area contributed by atoms with Crippen LogP contribution in [0.15, 0.2) is 46.1 Å². The topological polar surface area (TPSA) is 73.1 Å². The molecule has 0 saturated heterocycles. The summed E-state index contributed by atoms with van der Waals surface area (Å²) in [6.07, 6.45) is 0. The van der Waals surface area contributed by atoms with Crippen molar-refractivity contribution < 1.29 is 8.42 Å². The monoisotopic (exact) mass is 365 g/mol. The van der Waals surface area contributed by atoms with Crippen LogP contribution in [-0.2, 0) is 24.1 Å². The summed E-state index contributed by atoms with van der Waals surface area (Å²) in [4.78, 5) is 12.0. The minimum absolute atomic E-state index is 0.0792. The van der Waals surface area contributed by atoms with Gasteiger partial charge in [0.15, 0.2) is 0 Å². The smallest absolute Gasteiger partial charge is 0.295 e. The zero-order valence-corrected chi connectivity index (χ0v) is 14.9. The van der Waals surface area contributed by atoms with Gasteiger partial charge in [-0.25, -0.2) is 13.2 Å². The minimum Gasteiger partial charge on any atom is -0.295 e. The van der Waals surface area contributed by atoms with Gasteiger partial charge in [0.05, 0.1) is 21.6 Å². The number of benzene rings is 2. The molecule has 0 bridgehead atoms. The number of fused-ring (bicyclic) bond motifs is 1. The normalized spacial score (nSPS) is 11.8. The Labute approximate surface area is 144 Å². The van der Waals surface area contributed by atoms with Crippen LogP contribution in [0.4, 0.5) is 5.69 Å². The number of hydrogen-bond acceptors (Lipinski definition) is 3. The number of hydrogen-bond donors (Lipinski definition) is 1. The first kappa shape index (κ1) is 16.6. The maximum absolute atomic E-state index is 12.7. The maximum atomic E-state index is 12.7. The highest BCUT2D eigenvalue weighted by atomic mass is 35.5. The van der Waals surface area contributed by atoms with Crippen molar-refractivity contribution in [2.45, 2.75) is 11.8 Å². The molecule has 24 heavy (non-hydrogen) atoms. The van der Waals surface area contributed by atoms with E-state index in [1.807, 2.05) is 0 Å². The largest absolute Gasteiger partial charge is 0.328 e. The third kappa shape index (κ3) is 2.70. The van der Waals surface area contributed by atoms with E-state index in [4.69, 9.17) is 11.6 Å². The summed E-state index contributed by atoms with van der Waals surface area (Å²) in [6, 6.07) is 9.58. The fraction of sp³-hybridized carbons (Fsp3) is 0.188. The first-order chi connectivity index (χ1) is 11.2. The number of aromatic nitrogens is 2. The number of aryl methyl sites for hydroxylation is 3. The first-order valence-electron chi connectivity index (χ1n) is 7.15. The van der Waals surface area contributed by atoms with Gasteiger partial charge in [-0.3, -0.25) is 13.9 Å². The van der Waals surface area contributed by atoms with E-state index in [2.05, 4.69) is 4.72 Å². The highest BCUT2D eigenvalue weighted by molar-refractivity contribution is 7.92. The fourth-order valence-corrected chi connectivity index (χ4v) is 3.87. The van der Waals surface area contributed by atoms with Crippen LogP contribution in [-0.4, -0.2) is 17.6 Å². The SMILES string of the molecule is Cc1ccc(Cl)cc1NS(=O)(=O)c1ccc2c(c1)n(C)c(=O)n2C. The van der Waals surface area contributed by atoms with Crippen LogP contribution in [0.5, 0.6) is 0 Å². The number of nitrogens with zero attached hydrogens (tertiary/aromatic N) is 2. The third-order valence-electron chi connectivity index (χ3n) is 4.00. The van der Waals surface area contributed by atoms with Crippen LogP contribution < -0.4 is 10.4 Å². The van der Waals surface area contributed by atoms with E-state index in [9.17, 15) is 13.2 Å². The molecule has 0 radical (unpaired) electrons. The van der Waals surface area contributed by atoms with Gasteiger partial charge in [-0.1, -0.05) is 17.7 Å². The molecule has 0 aliphatic carbocycles. The van der Waals surface area contributed by atoms with Crippen molar-refractivity contribution in [1.82, 2.24) is 9.13 Å². The average molecular weight is 366 g/mol. The van der Waals surface area contributed by atoms with Crippen LogP contribution in [0, 0.1) is 6.92 Å². The van der Waals surface area contributed by atoms with Crippen molar-refractivity contribution in [2.24, 2.45) is 14.1 Å². The second-order valence-electron chi connectivity index (χ2n) is 5.62. The van der Waals surface area contributed by atoms with Gasteiger partial charge < -0.3 is 0 Å². The Kier molecular flexibility index (Phi) is 3.93. The molecule has 3 aromatic rings. The second kappa shape index (κ2) is 5.68. The van der Waals surface area contributed by atoms with E-state index in [-0.39, 0.29) is 10.6 Å². The first-order valence-corrected chi connectivity index (χ1v) is 9.01. The molecule has 8 heteroatoms. The molecule has 0 amide bonds. The van der Waals surface area contributed by atoms with Crippen molar-refractivity contribution in [3.05, 3.63) is 57.5 Å². The van der Waals surface area contributed by atoms with Crippen LogP contribution in [0.2, 0.25) is 5.02 Å². The molecule has 3 rings (SSSR count). The third-order valence-corrected chi connectivity index (χ3v) is 5.60.